The van der Waals surface area contributed by atoms with Gasteiger partial charge in [-0.25, -0.2) is 0 Å². The fourth-order valence-electron chi connectivity index (χ4n) is 1.79. The molecule has 0 spiro atoms. The van der Waals surface area contributed by atoms with Crippen LogP contribution in [0.3, 0.4) is 0 Å². The third-order valence-corrected chi connectivity index (χ3v) is 5.34. The quantitative estimate of drug-likeness (QED) is 0.604. The average Bonchev–Trinajstić information content (AvgIpc) is 3.00. The molecule has 6 nitrogen and oxygen atoms in total. The number of nitrogens with zero attached hydrogens (tertiary/aromatic N) is 2. The predicted octanol–water partition coefficient (Wildman–Crippen LogP) is 3.70. The summed E-state index contributed by atoms with van der Waals surface area (Å²) in [6, 6.07) is 5.15. The standard InChI is InChI=1S/C15H19N3O3S2/c1-5-9(2)22-15-18-17-14(23-15)16-13(19)10-7-6-8-11(20-3)12(10)21-4/h6-9H,5H2,1-4H3,(H,16,17,19). The van der Waals surface area contributed by atoms with Crippen molar-refractivity contribution in [3.63, 3.8) is 0 Å². The van der Waals surface area contributed by atoms with E-state index in [-0.39, 0.29) is 5.91 Å². The number of nitrogens with one attached hydrogen (secondary N) is 1. The molecule has 8 heteroatoms. The summed E-state index contributed by atoms with van der Waals surface area (Å²) in [6.07, 6.45) is 1.05. The van der Waals surface area contributed by atoms with E-state index in [1.165, 1.54) is 25.6 Å². The minimum atomic E-state index is -0.308. The molecule has 0 saturated heterocycles. The molecule has 1 atom stereocenters. The third-order valence-electron chi connectivity index (χ3n) is 3.15. The highest BCUT2D eigenvalue weighted by Gasteiger charge is 2.18. The second kappa shape index (κ2) is 8.16. The Kier molecular flexibility index (Phi) is 6.23. The zero-order valence-corrected chi connectivity index (χ0v) is 15.1. The number of ether oxygens (including phenoxy) is 2. The maximum Gasteiger partial charge on any atom is 0.261 e. The van der Waals surface area contributed by atoms with Crippen LogP contribution in [0.2, 0.25) is 0 Å². The Morgan fingerprint density at radius 1 is 1.35 bits per heavy atom. The second-order valence-corrected chi connectivity index (χ2v) is 7.37. The number of hydrogen-bond donors (Lipinski definition) is 1. The van der Waals surface area contributed by atoms with E-state index in [0.29, 0.717) is 27.4 Å². The van der Waals surface area contributed by atoms with E-state index in [0.717, 1.165) is 10.8 Å². The molecule has 1 unspecified atom stereocenters. The Hall–Kier alpha value is -1.80. The maximum absolute atomic E-state index is 12.4. The van der Waals surface area contributed by atoms with Crippen LogP contribution in [0.25, 0.3) is 0 Å². The number of anilines is 1. The summed E-state index contributed by atoms with van der Waals surface area (Å²) in [5.41, 5.74) is 0.387. The Morgan fingerprint density at radius 2 is 2.13 bits per heavy atom. The molecule has 1 aromatic carbocycles. The monoisotopic (exact) mass is 353 g/mol. The van der Waals surface area contributed by atoms with Crippen LogP contribution in [0.4, 0.5) is 5.13 Å². The van der Waals surface area contributed by atoms with Gasteiger partial charge in [-0.2, -0.15) is 0 Å². The molecule has 0 bridgehead atoms. The number of aromatic nitrogens is 2. The Bertz CT molecular complexity index is 676. The number of carbonyl (C=O) groups is 1. The Balaban J connectivity index is 2.13. The zero-order valence-electron chi connectivity index (χ0n) is 13.5. The van der Waals surface area contributed by atoms with Crippen molar-refractivity contribution in [3.05, 3.63) is 23.8 Å². The number of para-hydroxylation sites is 1. The van der Waals surface area contributed by atoms with Gasteiger partial charge in [-0.05, 0) is 18.6 Å². The minimum absolute atomic E-state index is 0.308. The van der Waals surface area contributed by atoms with Gasteiger partial charge in [0, 0.05) is 5.25 Å². The van der Waals surface area contributed by atoms with Crippen molar-refractivity contribution >= 4 is 34.1 Å². The third kappa shape index (κ3) is 4.35. The number of amides is 1. The molecule has 1 N–H and O–H groups in total. The zero-order chi connectivity index (χ0) is 16.8. The number of benzene rings is 1. The van der Waals surface area contributed by atoms with Gasteiger partial charge in [0.15, 0.2) is 15.8 Å². The van der Waals surface area contributed by atoms with Gasteiger partial charge in [0.1, 0.15) is 0 Å². The highest BCUT2D eigenvalue weighted by Crippen LogP contribution is 2.33. The first kappa shape index (κ1) is 17.6. The van der Waals surface area contributed by atoms with E-state index < -0.39 is 0 Å². The van der Waals surface area contributed by atoms with E-state index in [4.69, 9.17) is 9.47 Å². The van der Waals surface area contributed by atoms with Crippen LogP contribution in [0.15, 0.2) is 22.5 Å². The first-order valence-corrected chi connectivity index (χ1v) is 8.81. The first-order valence-electron chi connectivity index (χ1n) is 7.11. The molecule has 2 aromatic rings. The van der Waals surface area contributed by atoms with Crippen LogP contribution < -0.4 is 14.8 Å². The molecule has 0 fully saturated rings. The van der Waals surface area contributed by atoms with Crippen LogP contribution in [0, 0.1) is 0 Å². The van der Waals surface area contributed by atoms with E-state index in [1.807, 2.05) is 0 Å². The molecule has 0 aliphatic heterocycles. The minimum Gasteiger partial charge on any atom is -0.493 e. The lowest BCUT2D eigenvalue weighted by Gasteiger charge is -2.11. The smallest absolute Gasteiger partial charge is 0.261 e. The summed E-state index contributed by atoms with van der Waals surface area (Å²) in [6.45, 7) is 4.25. The fraction of sp³-hybridized carbons (Fsp3) is 0.400. The molecule has 0 radical (unpaired) electrons. The number of methoxy groups -OCH3 is 2. The Morgan fingerprint density at radius 3 is 2.78 bits per heavy atom. The summed E-state index contributed by atoms with van der Waals surface area (Å²) in [5, 5.41) is 11.8. The average molecular weight is 353 g/mol. The molecular formula is C15H19N3O3S2. The van der Waals surface area contributed by atoms with Gasteiger partial charge >= 0.3 is 0 Å². The molecular weight excluding hydrogens is 334 g/mol. The van der Waals surface area contributed by atoms with Gasteiger partial charge in [-0.1, -0.05) is 43.0 Å². The van der Waals surface area contributed by atoms with E-state index in [2.05, 4.69) is 29.4 Å². The van der Waals surface area contributed by atoms with Crippen molar-refractivity contribution in [2.24, 2.45) is 0 Å². The first-order chi connectivity index (χ1) is 11.1. The van der Waals surface area contributed by atoms with Crippen LogP contribution in [-0.2, 0) is 0 Å². The number of carbonyl (C=O) groups excluding carboxylic acids is 1. The normalized spacial score (nSPS) is 11.8. The molecule has 2 rings (SSSR count). The molecule has 1 amide bonds. The van der Waals surface area contributed by atoms with E-state index in [1.54, 1.807) is 30.0 Å². The van der Waals surface area contributed by atoms with Gasteiger partial charge in [-0.15, -0.1) is 10.2 Å². The lowest BCUT2D eigenvalue weighted by Crippen LogP contribution is -2.13. The van der Waals surface area contributed by atoms with E-state index >= 15 is 0 Å². The van der Waals surface area contributed by atoms with Crippen molar-refractivity contribution in [2.75, 3.05) is 19.5 Å². The Labute approximate surface area is 143 Å². The van der Waals surface area contributed by atoms with Crippen LogP contribution in [0.1, 0.15) is 30.6 Å². The summed E-state index contributed by atoms with van der Waals surface area (Å²) in [4.78, 5) is 12.4. The highest BCUT2D eigenvalue weighted by atomic mass is 32.2. The topological polar surface area (TPSA) is 73.3 Å². The second-order valence-electron chi connectivity index (χ2n) is 4.71. The van der Waals surface area contributed by atoms with E-state index in [9.17, 15) is 4.79 Å². The molecule has 124 valence electrons. The van der Waals surface area contributed by atoms with Crippen LogP contribution in [0.5, 0.6) is 11.5 Å². The molecule has 1 heterocycles. The summed E-state index contributed by atoms with van der Waals surface area (Å²) in [7, 11) is 3.03. The van der Waals surface area contributed by atoms with Gasteiger partial charge < -0.3 is 9.47 Å². The molecule has 0 aliphatic carbocycles. The van der Waals surface area contributed by atoms with Crippen LogP contribution in [-0.4, -0.2) is 35.6 Å². The van der Waals surface area contributed by atoms with Gasteiger partial charge in [-0.3, -0.25) is 10.1 Å². The van der Waals surface area contributed by atoms with Crippen molar-refractivity contribution in [3.8, 4) is 11.5 Å². The molecule has 1 aromatic heterocycles. The highest BCUT2D eigenvalue weighted by molar-refractivity contribution is 8.01. The predicted molar refractivity (Wildman–Crippen MR) is 93.0 cm³/mol. The van der Waals surface area contributed by atoms with Gasteiger partial charge in [0.25, 0.3) is 5.91 Å². The van der Waals surface area contributed by atoms with Crippen molar-refractivity contribution in [1.29, 1.82) is 0 Å². The number of thioether (sulfide) groups is 1. The lowest BCUT2D eigenvalue weighted by molar-refractivity contribution is 0.102. The van der Waals surface area contributed by atoms with Gasteiger partial charge in [0.2, 0.25) is 5.13 Å². The lowest BCUT2D eigenvalue weighted by atomic mass is 10.1. The summed E-state index contributed by atoms with van der Waals surface area (Å²) in [5.74, 6) is 0.591. The van der Waals surface area contributed by atoms with Crippen molar-refractivity contribution < 1.29 is 14.3 Å². The van der Waals surface area contributed by atoms with Crippen molar-refractivity contribution in [1.82, 2.24) is 10.2 Å². The summed E-state index contributed by atoms with van der Waals surface area (Å²) < 4.78 is 11.3. The largest absolute Gasteiger partial charge is 0.493 e. The fourth-order valence-corrected chi connectivity index (χ4v) is 3.79. The summed E-state index contributed by atoms with van der Waals surface area (Å²) >= 11 is 3.01. The number of hydrogen-bond acceptors (Lipinski definition) is 7. The van der Waals surface area contributed by atoms with Crippen molar-refractivity contribution in [2.45, 2.75) is 29.9 Å². The molecule has 0 aliphatic rings. The molecule has 0 saturated carbocycles. The maximum atomic E-state index is 12.4. The molecule has 23 heavy (non-hydrogen) atoms. The van der Waals surface area contributed by atoms with Crippen LogP contribution >= 0.6 is 23.1 Å². The van der Waals surface area contributed by atoms with Gasteiger partial charge in [0.05, 0.1) is 19.8 Å². The SMILES string of the molecule is CCC(C)Sc1nnc(NC(=O)c2cccc(OC)c2OC)s1. The number of rotatable bonds is 7.